The van der Waals surface area contributed by atoms with E-state index >= 15 is 0 Å². The van der Waals surface area contributed by atoms with Crippen LogP contribution in [0.15, 0.2) is 41.3 Å². The van der Waals surface area contributed by atoms with Crippen LogP contribution in [-0.2, 0) is 34.2 Å². The third-order valence-corrected chi connectivity index (χ3v) is 6.34. The van der Waals surface area contributed by atoms with Crippen molar-refractivity contribution in [1.29, 1.82) is 0 Å². The molecule has 8 heteroatoms. The summed E-state index contributed by atoms with van der Waals surface area (Å²) in [6.45, 7) is 0.745. The van der Waals surface area contributed by atoms with Crippen molar-refractivity contribution in [3.05, 3.63) is 58.7 Å². The second-order valence-corrected chi connectivity index (χ2v) is 8.51. The Hall–Kier alpha value is -2.71. The summed E-state index contributed by atoms with van der Waals surface area (Å²) < 4.78 is 28.0. The smallest absolute Gasteiger partial charge is 0.335 e. The first-order chi connectivity index (χ1) is 12.8. The molecule has 7 nitrogen and oxygen atoms in total. The van der Waals surface area contributed by atoms with Gasteiger partial charge in [-0.1, -0.05) is 12.1 Å². The van der Waals surface area contributed by atoms with Crippen LogP contribution in [0.3, 0.4) is 0 Å². The molecular weight excluding hydrogens is 368 g/mol. The Kier molecular flexibility index (Phi) is 4.24. The molecule has 0 spiro atoms. The lowest BCUT2D eigenvalue weighted by Gasteiger charge is -2.26. The molecule has 0 bridgehead atoms. The molecule has 0 saturated heterocycles. The fourth-order valence-electron chi connectivity index (χ4n) is 3.63. The number of benzene rings is 2. The Balaban J connectivity index is 1.57. The van der Waals surface area contributed by atoms with E-state index in [0.29, 0.717) is 12.1 Å². The molecule has 2 aliphatic rings. The summed E-state index contributed by atoms with van der Waals surface area (Å²) in [5.74, 6) is -1.01. The molecule has 0 atom stereocenters. The third kappa shape index (κ3) is 3.22. The van der Waals surface area contributed by atoms with Crippen LogP contribution >= 0.6 is 0 Å². The molecule has 2 N–H and O–H groups in total. The average molecular weight is 386 g/mol. The number of nitrogens with one attached hydrogen (secondary N) is 1. The molecule has 2 aromatic rings. The van der Waals surface area contributed by atoms with E-state index in [1.165, 1.54) is 12.1 Å². The van der Waals surface area contributed by atoms with Crippen LogP contribution in [0.25, 0.3) is 0 Å². The Bertz CT molecular complexity index is 1040. The number of carbonyl (C=O) groups excluding carboxylic acids is 1. The van der Waals surface area contributed by atoms with Crippen molar-refractivity contribution in [3.8, 4) is 0 Å². The highest BCUT2D eigenvalue weighted by Crippen LogP contribution is 2.38. The first-order valence-electron chi connectivity index (χ1n) is 8.63. The zero-order valence-corrected chi connectivity index (χ0v) is 15.3. The van der Waals surface area contributed by atoms with E-state index in [9.17, 15) is 18.0 Å². The van der Waals surface area contributed by atoms with Crippen LogP contribution in [0.5, 0.6) is 0 Å². The van der Waals surface area contributed by atoms with E-state index < -0.39 is 16.0 Å². The van der Waals surface area contributed by atoms with Gasteiger partial charge in [-0.2, -0.15) is 0 Å². The summed E-state index contributed by atoms with van der Waals surface area (Å²) in [6, 6.07) is 9.26. The van der Waals surface area contributed by atoms with Gasteiger partial charge in [-0.05, 0) is 53.8 Å². The zero-order valence-electron chi connectivity index (χ0n) is 14.4. The van der Waals surface area contributed by atoms with Gasteiger partial charge in [0, 0.05) is 13.1 Å². The molecule has 0 aliphatic carbocycles. The summed E-state index contributed by atoms with van der Waals surface area (Å²) in [4.78, 5) is 24.9. The number of amides is 1. The monoisotopic (exact) mass is 386 g/mol. The number of anilines is 1. The second kappa shape index (κ2) is 6.47. The lowest BCUT2D eigenvalue weighted by Crippen LogP contribution is -2.31. The number of hydrogen-bond donors (Lipinski definition) is 2. The van der Waals surface area contributed by atoms with Crippen molar-refractivity contribution in [2.75, 3.05) is 11.4 Å². The molecule has 0 radical (unpaired) electrons. The minimum Gasteiger partial charge on any atom is -0.478 e. The van der Waals surface area contributed by atoms with Gasteiger partial charge < -0.3 is 10.0 Å². The van der Waals surface area contributed by atoms with Crippen molar-refractivity contribution in [1.82, 2.24) is 4.72 Å². The molecule has 0 unspecified atom stereocenters. The molecule has 140 valence electrons. The maximum absolute atomic E-state index is 12.7. The molecule has 2 aliphatic heterocycles. The highest BCUT2D eigenvalue weighted by molar-refractivity contribution is 7.89. The molecule has 0 saturated carbocycles. The van der Waals surface area contributed by atoms with Crippen LogP contribution in [0.2, 0.25) is 0 Å². The van der Waals surface area contributed by atoms with Crippen LogP contribution < -0.4 is 9.62 Å². The number of aromatic carboxylic acids is 1. The van der Waals surface area contributed by atoms with Gasteiger partial charge in [0.05, 0.1) is 22.6 Å². The fraction of sp³-hybridized carbons (Fsp3) is 0.263. The average Bonchev–Trinajstić information content (AvgIpc) is 2.98. The SMILES string of the molecule is O=C(O)c1ccc(CNS(=O)(=O)c2cc3c4c(c2)CC(=O)N4CCC3)cc1. The Morgan fingerprint density at radius 1 is 1.15 bits per heavy atom. The predicted molar refractivity (Wildman–Crippen MR) is 98.2 cm³/mol. The van der Waals surface area contributed by atoms with E-state index in [2.05, 4.69) is 4.72 Å². The van der Waals surface area contributed by atoms with Crippen molar-refractivity contribution >= 4 is 27.6 Å². The number of nitrogens with zero attached hydrogens (tertiary/aromatic N) is 1. The summed E-state index contributed by atoms with van der Waals surface area (Å²) in [5.41, 5.74) is 3.36. The summed E-state index contributed by atoms with van der Waals surface area (Å²) in [7, 11) is -3.75. The molecule has 0 fully saturated rings. The minimum atomic E-state index is -3.75. The van der Waals surface area contributed by atoms with Gasteiger partial charge in [-0.3, -0.25) is 4.79 Å². The minimum absolute atomic E-state index is 0.0203. The first kappa shape index (κ1) is 17.7. The van der Waals surface area contributed by atoms with Gasteiger partial charge in [0.2, 0.25) is 15.9 Å². The van der Waals surface area contributed by atoms with Crippen LogP contribution in [-0.4, -0.2) is 31.9 Å². The Morgan fingerprint density at radius 2 is 1.85 bits per heavy atom. The normalized spacial score (nSPS) is 15.7. The lowest BCUT2D eigenvalue weighted by atomic mass is 10.0. The number of carboxylic acids is 1. The van der Waals surface area contributed by atoms with Crippen molar-refractivity contribution in [3.63, 3.8) is 0 Å². The highest BCUT2D eigenvalue weighted by Gasteiger charge is 2.33. The third-order valence-electron chi connectivity index (χ3n) is 4.96. The van der Waals surface area contributed by atoms with Gasteiger partial charge in [0.1, 0.15) is 0 Å². The van der Waals surface area contributed by atoms with E-state index in [-0.39, 0.29) is 29.3 Å². The van der Waals surface area contributed by atoms with Crippen molar-refractivity contribution in [2.45, 2.75) is 30.7 Å². The Labute approximate surface area is 156 Å². The largest absolute Gasteiger partial charge is 0.478 e. The molecule has 27 heavy (non-hydrogen) atoms. The van der Waals surface area contributed by atoms with E-state index in [0.717, 1.165) is 29.7 Å². The van der Waals surface area contributed by atoms with Crippen LogP contribution in [0.4, 0.5) is 5.69 Å². The molecule has 2 aromatic carbocycles. The molecule has 1 amide bonds. The van der Waals surface area contributed by atoms with E-state index in [1.54, 1.807) is 29.2 Å². The number of aryl methyl sites for hydroxylation is 1. The van der Waals surface area contributed by atoms with Crippen LogP contribution in [0.1, 0.15) is 33.5 Å². The van der Waals surface area contributed by atoms with E-state index in [1.807, 2.05) is 0 Å². The molecule has 2 heterocycles. The fourth-order valence-corrected chi connectivity index (χ4v) is 4.75. The molecule has 4 rings (SSSR count). The molecular formula is C19H18N2O5S. The maximum Gasteiger partial charge on any atom is 0.335 e. The van der Waals surface area contributed by atoms with Gasteiger partial charge in [0.25, 0.3) is 0 Å². The van der Waals surface area contributed by atoms with E-state index in [4.69, 9.17) is 5.11 Å². The topological polar surface area (TPSA) is 104 Å². The second-order valence-electron chi connectivity index (χ2n) is 6.74. The van der Waals surface area contributed by atoms with Crippen molar-refractivity contribution < 1.29 is 23.1 Å². The number of sulfonamides is 1. The number of carboxylic acid groups (broad SMARTS) is 1. The van der Waals surface area contributed by atoms with Gasteiger partial charge >= 0.3 is 5.97 Å². The highest BCUT2D eigenvalue weighted by atomic mass is 32.2. The molecule has 0 aromatic heterocycles. The van der Waals surface area contributed by atoms with Gasteiger partial charge in [-0.15, -0.1) is 0 Å². The maximum atomic E-state index is 12.7. The zero-order chi connectivity index (χ0) is 19.2. The predicted octanol–water partition coefficient (Wildman–Crippen LogP) is 1.70. The standard InChI is InChI=1S/C19H18N2O5S/c22-17-10-15-9-16(8-14-2-1-7-21(17)18(14)15)27(25,26)20-11-12-3-5-13(6-4-12)19(23)24/h3-6,8-9,20H,1-2,7,10-11H2,(H,23,24). The van der Waals surface area contributed by atoms with Gasteiger partial charge in [0.15, 0.2) is 0 Å². The van der Waals surface area contributed by atoms with Crippen LogP contribution in [0, 0.1) is 0 Å². The number of hydrogen-bond acceptors (Lipinski definition) is 4. The summed E-state index contributed by atoms with van der Waals surface area (Å²) in [6.07, 6.45) is 1.82. The first-order valence-corrected chi connectivity index (χ1v) is 10.1. The number of rotatable bonds is 5. The summed E-state index contributed by atoms with van der Waals surface area (Å²) >= 11 is 0. The van der Waals surface area contributed by atoms with Gasteiger partial charge in [-0.25, -0.2) is 17.9 Å². The number of carbonyl (C=O) groups is 2. The van der Waals surface area contributed by atoms with Crippen molar-refractivity contribution in [2.24, 2.45) is 0 Å². The summed E-state index contributed by atoms with van der Waals surface area (Å²) in [5, 5.41) is 8.91. The lowest BCUT2D eigenvalue weighted by molar-refractivity contribution is -0.117. The quantitative estimate of drug-likeness (QED) is 0.814. The Morgan fingerprint density at radius 3 is 2.56 bits per heavy atom.